The van der Waals surface area contributed by atoms with Gasteiger partial charge in [-0.3, -0.25) is 4.90 Å². The van der Waals surface area contributed by atoms with E-state index in [-0.39, 0.29) is 0 Å². The van der Waals surface area contributed by atoms with Crippen molar-refractivity contribution in [3.05, 3.63) is 47.3 Å². The average Bonchev–Trinajstić information content (AvgIpc) is 3.09. The first-order chi connectivity index (χ1) is 10.7. The van der Waals surface area contributed by atoms with Crippen LogP contribution in [-0.4, -0.2) is 45.1 Å². The van der Waals surface area contributed by atoms with Crippen LogP contribution in [0.25, 0.3) is 0 Å². The molecule has 0 unspecified atom stereocenters. The Morgan fingerprint density at radius 1 is 1.32 bits per heavy atom. The lowest BCUT2D eigenvalue weighted by Gasteiger charge is -2.38. The lowest BCUT2D eigenvalue weighted by Crippen LogP contribution is -2.47. The number of nitrogens with zero attached hydrogens (tertiary/aromatic N) is 3. The van der Waals surface area contributed by atoms with Crippen LogP contribution in [0.3, 0.4) is 0 Å². The summed E-state index contributed by atoms with van der Waals surface area (Å²) >= 11 is 0. The van der Waals surface area contributed by atoms with Crippen LogP contribution in [0.1, 0.15) is 36.6 Å². The number of rotatable bonds is 5. The summed E-state index contributed by atoms with van der Waals surface area (Å²) in [5.41, 5.74) is 2.63. The van der Waals surface area contributed by atoms with Crippen LogP contribution in [0.2, 0.25) is 0 Å². The number of nitrogens with one attached hydrogen (secondary N) is 1. The summed E-state index contributed by atoms with van der Waals surface area (Å²) in [6.45, 7) is 4.84. The number of hydrogen-bond donors (Lipinski definition) is 2. The van der Waals surface area contributed by atoms with Gasteiger partial charge in [0.1, 0.15) is 11.3 Å². The fraction of sp³-hybridized carbons (Fsp3) is 0.529. The van der Waals surface area contributed by atoms with Crippen molar-refractivity contribution >= 4 is 0 Å². The molecule has 1 saturated heterocycles. The predicted octanol–water partition coefficient (Wildman–Crippen LogP) is 1.89. The number of hydrogen-bond acceptors (Lipinski definition) is 4. The maximum absolute atomic E-state index is 10.8. The van der Waals surface area contributed by atoms with Crippen LogP contribution in [0.15, 0.2) is 30.5 Å². The molecule has 5 heteroatoms. The molecular formula is C17H24N4O. The van der Waals surface area contributed by atoms with Crippen molar-refractivity contribution in [2.45, 2.75) is 38.2 Å². The quantitative estimate of drug-likeness (QED) is 0.885. The van der Waals surface area contributed by atoms with Gasteiger partial charge in [-0.2, -0.15) is 15.4 Å². The van der Waals surface area contributed by atoms with Gasteiger partial charge in [-0.05, 0) is 43.4 Å². The average molecular weight is 300 g/mol. The maximum Gasteiger partial charge on any atom is 0.123 e. The summed E-state index contributed by atoms with van der Waals surface area (Å²) in [6.07, 6.45) is 5.47. The number of aromatic nitrogens is 3. The van der Waals surface area contributed by atoms with Crippen LogP contribution < -0.4 is 0 Å². The van der Waals surface area contributed by atoms with Crippen molar-refractivity contribution in [3.63, 3.8) is 0 Å². The molecule has 2 N–H and O–H groups in total. The number of piperidine rings is 1. The molecule has 2 heterocycles. The van der Waals surface area contributed by atoms with Gasteiger partial charge in [-0.1, -0.05) is 31.2 Å². The highest BCUT2D eigenvalue weighted by Gasteiger charge is 2.36. The Balaban J connectivity index is 1.63. The van der Waals surface area contributed by atoms with Crippen molar-refractivity contribution in [2.24, 2.45) is 0 Å². The normalized spacial score (nSPS) is 22.8. The summed E-state index contributed by atoms with van der Waals surface area (Å²) in [5, 5.41) is 21.3. The molecule has 5 nitrogen and oxygen atoms in total. The van der Waals surface area contributed by atoms with E-state index in [1.54, 1.807) is 6.20 Å². The molecule has 118 valence electrons. The molecule has 1 fully saturated rings. The Morgan fingerprint density at radius 3 is 2.86 bits per heavy atom. The topological polar surface area (TPSA) is 65.0 Å². The summed E-state index contributed by atoms with van der Waals surface area (Å²) in [6, 6.07) is 8.63. The highest BCUT2D eigenvalue weighted by atomic mass is 16.3. The monoisotopic (exact) mass is 300 g/mol. The summed E-state index contributed by atoms with van der Waals surface area (Å²) in [7, 11) is 0. The Bertz CT molecular complexity index is 598. The van der Waals surface area contributed by atoms with Gasteiger partial charge < -0.3 is 5.11 Å². The van der Waals surface area contributed by atoms with E-state index in [9.17, 15) is 5.11 Å². The molecule has 1 aliphatic rings. The Hall–Kier alpha value is -1.72. The van der Waals surface area contributed by atoms with Crippen molar-refractivity contribution in [1.82, 2.24) is 20.3 Å². The molecule has 0 amide bonds. The first-order valence-electron chi connectivity index (χ1n) is 8.09. The van der Waals surface area contributed by atoms with E-state index >= 15 is 0 Å². The lowest BCUT2D eigenvalue weighted by molar-refractivity contribution is -0.0385. The van der Waals surface area contributed by atoms with E-state index in [1.807, 2.05) is 0 Å². The van der Waals surface area contributed by atoms with Gasteiger partial charge in [0.05, 0.1) is 6.20 Å². The number of aryl methyl sites for hydroxylation is 1. The van der Waals surface area contributed by atoms with Crippen LogP contribution in [0, 0.1) is 0 Å². The first kappa shape index (κ1) is 15.2. The number of aromatic amines is 1. The van der Waals surface area contributed by atoms with Crippen LogP contribution in [0.5, 0.6) is 0 Å². The van der Waals surface area contributed by atoms with E-state index in [0.717, 1.165) is 38.8 Å². The zero-order valence-electron chi connectivity index (χ0n) is 13.1. The third-order valence-electron chi connectivity index (χ3n) is 4.64. The highest BCUT2D eigenvalue weighted by Crippen LogP contribution is 2.29. The third-order valence-corrected chi connectivity index (χ3v) is 4.64. The van der Waals surface area contributed by atoms with Crippen molar-refractivity contribution < 1.29 is 5.11 Å². The summed E-state index contributed by atoms with van der Waals surface area (Å²) < 4.78 is 0. The Labute approximate surface area is 131 Å². The van der Waals surface area contributed by atoms with Crippen LogP contribution in [-0.2, 0) is 18.4 Å². The molecule has 1 aromatic carbocycles. The van der Waals surface area contributed by atoms with Crippen molar-refractivity contribution in [3.8, 4) is 0 Å². The lowest BCUT2D eigenvalue weighted by atomic mass is 9.89. The molecule has 1 aromatic heterocycles. The smallest absolute Gasteiger partial charge is 0.123 e. The summed E-state index contributed by atoms with van der Waals surface area (Å²) in [4.78, 5) is 2.34. The molecule has 0 radical (unpaired) electrons. The second-order valence-corrected chi connectivity index (χ2v) is 6.14. The molecule has 0 spiro atoms. The number of aliphatic hydroxyl groups is 1. The first-order valence-corrected chi connectivity index (χ1v) is 8.09. The van der Waals surface area contributed by atoms with E-state index in [0.29, 0.717) is 12.2 Å². The third kappa shape index (κ3) is 3.20. The van der Waals surface area contributed by atoms with Crippen LogP contribution in [0.4, 0.5) is 0 Å². The molecule has 2 aromatic rings. The Kier molecular flexibility index (Phi) is 4.55. The second-order valence-electron chi connectivity index (χ2n) is 6.14. The summed E-state index contributed by atoms with van der Waals surface area (Å²) in [5.74, 6) is 0. The fourth-order valence-electron chi connectivity index (χ4n) is 3.37. The molecule has 1 aliphatic heterocycles. The van der Waals surface area contributed by atoms with E-state index in [1.165, 1.54) is 11.1 Å². The number of benzene rings is 1. The Morgan fingerprint density at radius 2 is 2.14 bits per heavy atom. The maximum atomic E-state index is 10.8. The zero-order valence-corrected chi connectivity index (χ0v) is 13.1. The van der Waals surface area contributed by atoms with E-state index < -0.39 is 5.60 Å². The van der Waals surface area contributed by atoms with Gasteiger partial charge in [0.15, 0.2) is 0 Å². The van der Waals surface area contributed by atoms with E-state index in [4.69, 9.17) is 0 Å². The van der Waals surface area contributed by atoms with E-state index in [2.05, 4.69) is 51.5 Å². The van der Waals surface area contributed by atoms with Gasteiger partial charge in [0.2, 0.25) is 0 Å². The minimum absolute atomic E-state index is 0.633. The number of H-pyrrole nitrogens is 1. The van der Waals surface area contributed by atoms with Crippen LogP contribution >= 0.6 is 0 Å². The minimum Gasteiger partial charge on any atom is -0.382 e. The van der Waals surface area contributed by atoms with Gasteiger partial charge in [0.25, 0.3) is 0 Å². The fourth-order valence-corrected chi connectivity index (χ4v) is 3.37. The number of likely N-dealkylation sites (tertiary alicyclic amines) is 1. The van der Waals surface area contributed by atoms with Gasteiger partial charge in [0, 0.05) is 13.1 Å². The predicted molar refractivity (Wildman–Crippen MR) is 85.5 cm³/mol. The molecule has 3 rings (SSSR count). The van der Waals surface area contributed by atoms with Gasteiger partial charge in [-0.25, -0.2) is 0 Å². The minimum atomic E-state index is -0.866. The zero-order chi connectivity index (χ0) is 15.4. The highest BCUT2D eigenvalue weighted by molar-refractivity contribution is 5.27. The van der Waals surface area contributed by atoms with Gasteiger partial charge >= 0.3 is 0 Å². The largest absolute Gasteiger partial charge is 0.382 e. The van der Waals surface area contributed by atoms with Crippen molar-refractivity contribution in [2.75, 3.05) is 19.6 Å². The standard InChI is InChI=1S/C17H24N4O/c1-2-14-6-3-4-7-15(14)8-11-21-10-5-9-17(22,13-21)16-12-18-20-19-16/h3-4,6-7,12,22H,2,5,8-11,13H2,1H3,(H,18,19,20)/t17-/m0/s1. The number of β-amino-alcohol motifs (C(OH)–C–C–N with tert-alkyl or cyclic N) is 1. The molecule has 0 saturated carbocycles. The molecular weight excluding hydrogens is 276 g/mol. The molecule has 0 bridgehead atoms. The van der Waals surface area contributed by atoms with Crippen molar-refractivity contribution in [1.29, 1.82) is 0 Å². The molecule has 1 atom stereocenters. The second kappa shape index (κ2) is 6.58. The molecule has 0 aliphatic carbocycles. The molecule has 22 heavy (non-hydrogen) atoms. The SMILES string of the molecule is CCc1ccccc1CCN1CCC[C@@](O)(c2cn[nH]n2)C1. The van der Waals surface area contributed by atoms with Gasteiger partial charge in [-0.15, -0.1) is 0 Å².